The summed E-state index contributed by atoms with van der Waals surface area (Å²) in [5, 5.41) is 26.9. The van der Waals surface area contributed by atoms with E-state index in [1.54, 1.807) is 63.0 Å². The van der Waals surface area contributed by atoms with Crippen molar-refractivity contribution in [2.75, 3.05) is 106 Å². The second kappa shape index (κ2) is 23.0. The van der Waals surface area contributed by atoms with E-state index in [0.717, 1.165) is 37.3 Å². The average molecular weight is 989 g/mol. The number of fused-ring (bicyclic) bond motifs is 6. The van der Waals surface area contributed by atoms with Crippen molar-refractivity contribution in [1.29, 1.82) is 0 Å². The lowest BCUT2D eigenvalue weighted by Crippen LogP contribution is -2.48. The molecule has 0 aliphatic carbocycles. The number of rotatable bonds is 14. The molecule has 8 heterocycles. The molecule has 0 saturated carbocycles. The highest BCUT2D eigenvalue weighted by atomic mass is 16.5. The van der Waals surface area contributed by atoms with E-state index in [-0.39, 0.29) is 37.2 Å². The Hall–Kier alpha value is -7.08. The molecule has 0 spiro atoms. The quantitative estimate of drug-likeness (QED) is 0.141. The number of β-amino-alcohol motifs (C(OH)–C–C–N with tert-alkyl or cyclic N) is 2. The Morgan fingerprint density at radius 1 is 0.681 bits per heavy atom. The van der Waals surface area contributed by atoms with Crippen molar-refractivity contribution in [3.05, 3.63) is 95.6 Å². The van der Waals surface area contributed by atoms with E-state index in [1.165, 1.54) is 12.4 Å². The number of hydrogen-bond acceptors (Lipinski definition) is 20. The van der Waals surface area contributed by atoms with Crippen LogP contribution in [0.3, 0.4) is 0 Å². The number of aliphatic imine (C=N–C) groups is 4. The first-order valence-corrected chi connectivity index (χ1v) is 24.0. The number of amides is 2. The molecule has 0 unspecified atom stereocenters. The highest BCUT2D eigenvalue weighted by Gasteiger charge is 2.36. The fourth-order valence-corrected chi connectivity index (χ4v) is 9.23. The maximum absolute atomic E-state index is 12.8. The van der Waals surface area contributed by atoms with Gasteiger partial charge in [-0.25, -0.2) is 9.98 Å². The van der Waals surface area contributed by atoms with Gasteiger partial charge in [0.2, 0.25) is 11.9 Å². The summed E-state index contributed by atoms with van der Waals surface area (Å²) in [4.78, 5) is 60.4. The number of guanidine groups is 2. The molecule has 2 amide bonds. The fraction of sp³-hybridized carbons (Fsp3) is 0.440. The molecule has 72 heavy (non-hydrogen) atoms. The number of amidine groups is 2. The zero-order chi connectivity index (χ0) is 50.1. The molecule has 2 fully saturated rings. The van der Waals surface area contributed by atoms with Gasteiger partial charge >= 0.3 is 0 Å². The minimum Gasteiger partial charge on any atom is -0.491 e. The SMILES string of the molecule is COc1c(OC[C@H](O)CN2CCOCC2)ccc2c1N=C(NC(=O)c1cccnc1)N1CCN=C21.COc1c(OC[C@H](O)CN2C[C@@H](C)O[C@@H](C)C2)ccc2c1N=C(NC(=O)c1cccnc1)N1CCN=C21. The van der Waals surface area contributed by atoms with Crippen LogP contribution in [0.15, 0.2) is 93.3 Å². The number of pyridine rings is 2. The Morgan fingerprint density at radius 2 is 1.15 bits per heavy atom. The van der Waals surface area contributed by atoms with Gasteiger partial charge in [-0.05, 0) is 62.4 Å². The van der Waals surface area contributed by atoms with Crippen LogP contribution in [0.25, 0.3) is 0 Å². The van der Waals surface area contributed by atoms with Gasteiger partial charge in [-0.15, -0.1) is 0 Å². The number of methoxy groups -OCH3 is 2. The van der Waals surface area contributed by atoms with Gasteiger partial charge in [-0.2, -0.15) is 0 Å². The summed E-state index contributed by atoms with van der Waals surface area (Å²) < 4.78 is 34.4. The van der Waals surface area contributed by atoms with E-state index in [4.69, 9.17) is 38.4 Å². The second-order valence-electron chi connectivity index (χ2n) is 17.8. The summed E-state index contributed by atoms with van der Waals surface area (Å²) in [7, 11) is 3.08. The Kier molecular flexibility index (Phi) is 15.9. The Balaban J connectivity index is 0.000000178. The van der Waals surface area contributed by atoms with Crippen molar-refractivity contribution in [3.63, 3.8) is 0 Å². The maximum atomic E-state index is 12.8. The summed E-state index contributed by atoms with van der Waals surface area (Å²) >= 11 is 0. The van der Waals surface area contributed by atoms with Crippen molar-refractivity contribution in [3.8, 4) is 23.0 Å². The predicted octanol–water partition coefficient (Wildman–Crippen LogP) is 2.09. The molecule has 2 aromatic heterocycles. The normalized spacial score (nSPS) is 20.1. The van der Waals surface area contributed by atoms with Gasteiger partial charge in [0.05, 0.1) is 63.9 Å². The van der Waals surface area contributed by atoms with Crippen LogP contribution in [0.5, 0.6) is 23.0 Å². The van der Waals surface area contributed by atoms with Gasteiger partial charge in [0.1, 0.15) is 48.5 Å². The summed E-state index contributed by atoms with van der Waals surface area (Å²) in [6.45, 7) is 12.1. The molecule has 380 valence electrons. The molecule has 2 aromatic carbocycles. The minimum atomic E-state index is -0.689. The molecule has 2 saturated heterocycles. The highest BCUT2D eigenvalue weighted by molar-refractivity contribution is 6.21. The zero-order valence-corrected chi connectivity index (χ0v) is 40.8. The van der Waals surface area contributed by atoms with Crippen LogP contribution < -0.4 is 29.6 Å². The van der Waals surface area contributed by atoms with E-state index in [1.807, 2.05) is 35.8 Å². The second-order valence-corrected chi connectivity index (χ2v) is 17.8. The zero-order valence-electron chi connectivity index (χ0n) is 40.8. The van der Waals surface area contributed by atoms with Crippen molar-refractivity contribution < 1.29 is 48.2 Å². The van der Waals surface area contributed by atoms with Gasteiger partial charge < -0.3 is 38.6 Å². The smallest absolute Gasteiger partial charge is 0.259 e. The number of nitrogens with one attached hydrogen (secondary N) is 2. The van der Waals surface area contributed by atoms with Crippen LogP contribution in [0, 0.1) is 0 Å². The summed E-state index contributed by atoms with van der Waals surface area (Å²) in [6, 6.07) is 14.1. The van der Waals surface area contributed by atoms with E-state index >= 15 is 0 Å². The van der Waals surface area contributed by atoms with E-state index < -0.39 is 12.2 Å². The molecule has 6 aliphatic heterocycles. The topological polar surface area (TPSA) is 242 Å². The fourth-order valence-electron chi connectivity index (χ4n) is 9.23. The minimum absolute atomic E-state index is 0.0939. The third-order valence-corrected chi connectivity index (χ3v) is 12.4. The van der Waals surface area contributed by atoms with Gasteiger partial charge in [-0.3, -0.25) is 59.8 Å². The van der Waals surface area contributed by atoms with Crippen LogP contribution in [0.2, 0.25) is 0 Å². The number of carbonyl (C=O) groups is 2. The first-order chi connectivity index (χ1) is 35.1. The van der Waals surface area contributed by atoms with Crippen molar-refractivity contribution >= 4 is 46.8 Å². The maximum Gasteiger partial charge on any atom is 0.259 e. The molecule has 4 atom stereocenters. The van der Waals surface area contributed by atoms with Crippen LogP contribution in [0.4, 0.5) is 11.4 Å². The lowest BCUT2D eigenvalue weighted by Gasteiger charge is -2.36. The third kappa shape index (κ3) is 11.5. The molecule has 4 aromatic rings. The van der Waals surface area contributed by atoms with Crippen molar-refractivity contribution in [2.45, 2.75) is 38.3 Å². The predicted molar refractivity (Wildman–Crippen MR) is 267 cm³/mol. The lowest BCUT2D eigenvalue weighted by molar-refractivity contribution is -0.0787. The van der Waals surface area contributed by atoms with Gasteiger partial charge in [0.15, 0.2) is 23.0 Å². The van der Waals surface area contributed by atoms with Crippen LogP contribution in [-0.2, 0) is 9.47 Å². The van der Waals surface area contributed by atoms with Crippen molar-refractivity contribution in [1.82, 2.24) is 40.2 Å². The van der Waals surface area contributed by atoms with Crippen LogP contribution in [0.1, 0.15) is 45.7 Å². The summed E-state index contributed by atoms with van der Waals surface area (Å²) in [5.41, 5.74) is 3.47. The summed E-state index contributed by atoms with van der Waals surface area (Å²) in [5.74, 6) is 3.28. The van der Waals surface area contributed by atoms with Gasteiger partial charge in [0.25, 0.3) is 11.8 Å². The van der Waals surface area contributed by atoms with Gasteiger partial charge in [-0.1, -0.05) is 0 Å². The number of ether oxygens (including phenoxy) is 6. The molecule has 0 radical (unpaired) electrons. The number of aromatic nitrogens is 2. The molecule has 22 heteroatoms. The number of nitrogens with zero attached hydrogens (tertiary/aromatic N) is 10. The number of hydrogen-bond donors (Lipinski definition) is 4. The highest BCUT2D eigenvalue weighted by Crippen LogP contribution is 2.44. The van der Waals surface area contributed by atoms with E-state index in [2.05, 4.69) is 40.4 Å². The number of morpholine rings is 2. The lowest BCUT2D eigenvalue weighted by atomic mass is 10.1. The third-order valence-electron chi connectivity index (χ3n) is 12.4. The van der Waals surface area contributed by atoms with Gasteiger partial charge in [0, 0.05) is 88.3 Å². The largest absolute Gasteiger partial charge is 0.491 e. The molecule has 10 rings (SSSR count). The molecule has 0 bridgehead atoms. The number of benzene rings is 2. The number of aliphatic hydroxyl groups excluding tert-OH is 2. The molecule has 6 aliphatic rings. The molecular weight excluding hydrogens is 929 g/mol. The molecule has 4 N–H and O–H groups in total. The van der Waals surface area contributed by atoms with E-state index in [9.17, 15) is 19.8 Å². The Labute approximate surface area is 417 Å². The Morgan fingerprint density at radius 3 is 1.60 bits per heavy atom. The summed E-state index contributed by atoms with van der Waals surface area (Å²) in [6.07, 6.45) is 5.12. The first kappa shape index (κ1) is 49.9. The standard InChI is InChI=1S/C26H32N6O5.C24H28N6O5/c1-16-12-31(13-17(2)37-16)14-19(33)15-36-21-7-6-20-22(23(21)35-3)29-26(32-10-9-28-24(20)32)30-25(34)18-5-4-8-27-11-18;1-33-21-19(35-15-17(31)14-29-9-11-34-12-10-29)5-4-18-20(21)27-24(30-8-7-26-22(18)30)28-23(32)16-3-2-6-25-13-16/h4-8,11,16-17,19,33H,9-10,12-15H2,1-3H3,(H,29,30,34);2-6,13,17,31H,7-12,14-15H2,1H3,(H,27,28,32)/t16-,17+,19-;17-/m11/s1. The van der Waals surface area contributed by atoms with Crippen molar-refractivity contribution in [2.24, 2.45) is 20.0 Å². The number of aliphatic hydroxyl groups is 2. The Bertz CT molecular complexity index is 2690. The first-order valence-electron chi connectivity index (χ1n) is 24.0. The monoisotopic (exact) mass is 988 g/mol. The van der Waals surface area contributed by atoms with Crippen LogP contribution >= 0.6 is 0 Å². The number of carbonyl (C=O) groups excluding carboxylic acids is 2. The molecular formula is C50H60N12O10. The average Bonchev–Trinajstić information content (AvgIpc) is 4.10. The molecule has 22 nitrogen and oxygen atoms in total. The van der Waals surface area contributed by atoms with Crippen LogP contribution in [-0.4, -0.2) is 206 Å². The van der Waals surface area contributed by atoms with E-state index in [0.29, 0.717) is 122 Å².